The number of esters is 2. The minimum atomic E-state index is -4.20. The van der Waals surface area contributed by atoms with E-state index in [1.165, 1.54) is 0 Å². The molecule has 1 rings (SSSR count). The van der Waals surface area contributed by atoms with Crippen molar-refractivity contribution in [2.75, 3.05) is 12.4 Å². The number of carbonyl (C=O) groups excluding carboxylic acids is 2. The van der Waals surface area contributed by atoms with Crippen LogP contribution in [0.1, 0.15) is 0 Å². The Morgan fingerprint density at radius 1 is 1.09 bits per heavy atom. The maximum absolute atomic E-state index is 11.7. The first-order valence-corrected chi connectivity index (χ1v) is 10.6. The Morgan fingerprint density at radius 3 is 2.13 bits per heavy atom. The second-order valence-corrected chi connectivity index (χ2v) is 9.05. The maximum Gasteiger partial charge on any atom is 0.336 e. The summed E-state index contributed by atoms with van der Waals surface area (Å²) in [5, 5.41) is 0. The van der Waals surface area contributed by atoms with Crippen molar-refractivity contribution in [1.82, 2.24) is 0 Å². The van der Waals surface area contributed by atoms with Crippen molar-refractivity contribution in [3.63, 3.8) is 0 Å². The molecule has 0 radical (unpaired) electrons. The summed E-state index contributed by atoms with van der Waals surface area (Å²) in [5.74, 6) is -2.01. The van der Waals surface area contributed by atoms with E-state index in [9.17, 15) is 18.0 Å². The van der Waals surface area contributed by atoms with E-state index in [2.05, 4.69) is 27.3 Å². The summed E-state index contributed by atoms with van der Waals surface area (Å²) in [6.07, 6.45) is 1.69. The molecule has 0 saturated carbocycles. The molecule has 7 nitrogen and oxygen atoms in total. The lowest BCUT2D eigenvalue weighted by molar-refractivity contribution is -0.137. The van der Waals surface area contributed by atoms with Crippen LogP contribution < -0.4 is 4.74 Å². The van der Waals surface area contributed by atoms with Crippen LogP contribution >= 0.6 is 67.8 Å². The molecule has 0 fully saturated rings. The molecule has 1 N–H and O–H groups in total. The molecule has 0 unspecified atom stereocenters. The normalized spacial score (nSPS) is 11.5. The van der Waals surface area contributed by atoms with Gasteiger partial charge in [-0.2, -0.15) is 8.42 Å². The van der Waals surface area contributed by atoms with Gasteiger partial charge in [0.15, 0.2) is 5.75 Å². The molecule has 126 valence electrons. The van der Waals surface area contributed by atoms with Gasteiger partial charge in [0.1, 0.15) is 12.4 Å². The first-order valence-electron chi connectivity index (χ1n) is 5.75. The van der Waals surface area contributed by atoms with E-state index in [0.717, 1.165) is 22.9 Å². The fourth-order valence-electron chi connectivity index (χ4n) is 1.19. The molecule has 0 bridgehead atoms. The van der Waals surface area contributed by atoms with Gasteiger partial charge in [0.2, 0.25) is 0 Å². The summed E-state index contributed by atoms with van der Waals surface area (Å²) in [6.45, 7) is -0.510. The predicted molar refractivity (Wildman–Crippen MR) is 107 cm³/mol. The van der Waals surface area contributed by atoms with Crippen LogP contribution in [0.5, 0.6) is 5.75 Å². The number of carbonyl (C=O) groups is 2. The average Bonchev–Trinajstić information content (AvgIpc) is 2.39. The van der Waals surface area contributed by atoms with E-state index in [1.807, 2.05) is 57.3 Å². The van der Waals surface area contributed by atoms with Gasteiger partial charge in [-0.3, -0.25) is 4.55 Å². The summed E-state index contributed by atoms with van der Waals surface area (Å²) >= 11 is 6.20. The molecule has 0 spiro atoms. The van der Waals surface area contributed by atoms with Crippen LogP contribution in [0.3, 0.4) is 0 Å². The number of ether oxygens (including phenoxy) is 2. The van der Waals surface area contributed by atoms with Gasteiger partial charge in [0.05, 0.1) is 7.14 Å². The van der Waals surface area contributed by atoms with Crippen LogP contribution in [0.2, 0.25) is 0 Å². The van der Waals surface area contributed by atoms with Crippen LogP contribution in [-0.2, 0) is 24.4 Å². The highest BCUT2D eigenvalue weighted by Crippen LogP contribution is 2.29. The third-order valence-corrected chi connectivity index (χ3v) is 5.01. The summed E-state index contributed by atoms with van der Waals surface area (Å²) < 4.78 is 41.5. The van der Waals surface area contributed by atoms with E-state index in [0.29, 0.717) is 5.75 Å². The number of rotatable bonds is 6. The van der Waals surface area contributed by atoms with Gasteiger partial charge in [0.25, 0.3) is 10.1 Å². The standard InChI is InChI=1S/C12H9I3O7S/c13-7-5-8(14)12(9(15)6-7)22-11(17)2-1-10(16)21-3-4-23(18,19)20/h1-2,5-6H,3-4H2,(H,18,19,20)/b2-1-. The summed E-state index contributed by atoms with van der Waals surface area (Å²) in [4.78, 5) is 22.9. The smallest absolute Gasteiger partial charge is 0.336 e. The highest BCUT2D eigenvalue weighted by atomic mass is 127. The minimum absolute atomic E-state index is 0.390. The molecular weight excluding hydrogens is 669 g/mol. The van der Waals surface area contributed by atoms with Crippen LogP contribution in [0.15, 0.2) is 24.3 Å². The zero-order chi connectivity index (χ0) is 17.6. The van der Waals surface area contributed by atoms with E-state index in [-0.39, 0.29) is 0 Å². The van der Waals surface area contributed by atoms with Crippen molar-refractivity contribution in [2.24, 2.45) is 0 Å². The number of hydrogen-bond acceptors (Lipinski definition) is 6. The van der Waals surface area contributed by atoms with Gasteiger partial charge < -0.3 is 9.47 Å². The molecule has 11 heteroatoms. The molecule has 0 amide bonds. The van der Waals surface area contributed by atoms with E-state index >= 15 is 0 Å². The molecule has 1 aromatic rings. The van der Waals surface area contributed by atoms with Gasteiger partial charge >= 0.3 is 11.9 Å². The SMILES string of the molecule is O=C(/C=C\C(=O)Oc1c(I)cc(I)cc1I)OCCS(=O)(=O)O. The lowest BCUT2D eigenvalue weighted by Gasteiger charge is -2.07. The van der Waals surface area contributed by atoms with Crippen LogP contribution in [0.25, 0.3) is 0 Å². The molecule has 0 saturated heterocycles. The highest BCUT2D eigenvalue weighted by molar-refractivity contribution is 14.1. The van der Waals surface area contributed by atoms with Crippen LogP contribution in [-0.4, -0.2) is 37.3 Å². The van der Waals surface area contributed by atoms with Crippen LogP contribution in [0, 0.1) is 10.7 Å². The fraction of sp³-hybridized carbons (Fsp3) is 0.167. The molecule has 23 heavy (non-hydrogen) atoms. The topological polar surface area (TPSA) is 107 Å². The maximum atomic E-state index is 11.7. The molecule has 1 aromatic carbocycles. The monoisotopic (exact) mass is 678 g/mol. The number of benzene rings is 1. The Morgan fingerprint density at radius 2 is 1.61 bits per heavy atom. The lowest BCUT2D eigenvalue weighted by Crippen LogP contribution is -2.14. The Kier molecular flexibility index (Phi) is 8.67. The first-order chi connectivity index (χ1) is 10.6. The summed E-state index contributed by atoms with van der Waals surface area (Å²) in [6, 6.07) is 3.67. The zero-order valence-corrected chi connectivity index (χ0v) is 18.5. The van der Waals surface area contributed by atoms with Crippen molar-refractivity contribution in [3.8, 4) is 5.75 Å². The molecule has 0 heterocycles. The van der Waals surface area contributed by atoms with Crippen molar-refractivity contribution >= 4 is 89.8 Å². The Bertz CT molecular complexity index is 720. The second kappa shape index (κ2) is 9.47. The van der Waals surface area contributed by atoms with Crippen molar-refractivity contribution < 1.29 is 32.0 Å². The zero-order valence-electron chi connectivity index (χ0n) is 11.2. The predicted octanol–water partition coefficient (Wildman–Crippen LogP) is 2.39. The van der Waals surface area contributed by atoms with Gasteiger partial charge in [-0.1, -0.05) is 0 Å². The minimum Gasteiger partial charge on any atom is -0.461 e. The summed E-state index contributed by atoms with van der Waals surface area (Å²) in [7, 11) is -4.20. The number of hydrogen-bond donors (Lipinski definition) is 1. The van der Waals surface area contributed by atoms with Crippen molar-refractivity contribution in [1.29, 1.82) is 0 Å². The fourth-order valence-corrected chi connectivity index (χ4v) is 5.29. The molecular formula is C12H9I3O7S. The Labute approximate surface area is 173 Å². The van der Waals surface area contributed by atoms with Gasteiger partial charge in [-0.25, -0.2) is 9.59 Å². The summed E-state index contributed by atoms with van der Waals surface area (Å²) in [5.41, 5.74) is 0. The molecule has 0 aliphatic rings. The van der Waals surface area contributed by atoms with Gasteiger partial charge in [-0.05, 0) is 79.9 Å². The highest BCUT2D eigenvalue weighted by Gasteiger charge is 2.12. The largest absolute Gasteiger partial charge is 0.461 e. The van der Waals surface area contributed by atoms with E-state index in [4.69, 9.17) is 9.29 Å². The first kappa shape index (κ1) is 21.0. The van der Waals surface area contributed by atoms with E-state index < -0.39 is 34.4 Å². The van der Waals surface area contributed by atoms with Gasteiger partial charge in [0, 0.05) is 15.7 Å². The Hall–Kier alpha value is -0.0000000000000000208. The third kappa shape index (κ3) is 8.59. The Balaban J connectivity index is 2.58. The molecule has 0 aliphatic carbocycles. The third-order valence-electron chi connectivity index (χ3n) is 2.11. The second-order valence-electron chi connectivity index (χ2n) is 3.91. The number of halogens is 3. The molecule has 0 atom stereocenters. The average molecular weight is 678 g/mol. The van der Waals surface area contributed by atoms with Crippen molar-refractivity contribution in [2.45, 2.75) is 0 Å². The molecule has 0 aromatic heterocycles. The quantitative estimate of drug-likeness (QED) is 0.162. The van der Waals surface area contributed by atoms with Crippen LogP contribution in [0.4, 0.5) is 0 Å². The van der Waals surface area contributed by atoms with Gasteiger partial charge in [-0.15, -0.1) is 0 Å². The van der Waals surface area contributed by atoms with E-state index in [1.54, 1.807) is 0 Å². The molecule has 0 aliphatic heterocycles. The van der Waals surface area contributed by atoms with Crippen molar-refractivity contribution in [3.05, 3.63) is 35.0 Å². The lowest BCUT2D eigenvalue weighted by atomic mass is 10.3.